The van der Waals surface area contributed by atoms with Crippen LogP contribution in [0.1, 0.15) is 29.6 Å². The molecule has 31 heavy (non-hydrogen) atoms. The number of anilines is 1. The van der Waals surface area contributed by atoms with Gasteiger partial charge >= 0.3 is 6.09 Å². The van der Waals surface area contributed by atoms with Crippen molar-refractivity contribution in [3.8, 4) is 6.07 Å². The number of piperidine rings is 1. The number of carbonyl (C=O) groups is 3. The Balaban J connectivity index is 1.61. The highest BCUT2D eigenvalue weighted by molar-refractivity contribution is 6.01. The summed E-state index contributed by atoms with van der Waals surface area (Å²) < 4.78 is 27.1. The molecule has 2 aliphatic heterocycles. The molecule has 1 aromatic heterocycles. The predicted molar refractivity (Wildman–Crippen MR) is 104 cm³/mol. The number of alkyl halides is 2. The number of nitrogens with zero attached hydrogens (tertiary/aromatic N) is 4. The van der Waals surface area contributed by atoms with Gasteiger partial charge in [0.2, 0.25) is 5.91 Å². The summed E-state index contributed by atoms with van der Waals surface area (Å²) in [5.74, 6) is -4.45. The predicted octanol–water partition coefficient (Wildman–Crippen LogP) is 0.808. The van der Waals surface area contributed by atoms with Crippen LogP contribution in [-0.2, 0) is 4.79 Å². The fourth-order valence-electron chi connectivity index (χ4n) is 3.82. The van der Waals surface area contributed by atoms with Crippen LogP contribution < -0.4 is 15.5 Å². The molecule has 0 bridgehead atoms. The van der Waals surface area contributed by atoms with Crippen LogP contribution in [0.4, 0.5) is 19.3 Å². The average molecular weight is 436 g/mol. The Morgan fingerprint density at radius 2 is 2.03 bits per heavy atom. The lowest BCUT2D eigenvalue weighted by molar-refractivity contribution is -0.131. The molecular weight excluding hydrogens is 414 g/mol. The molecule has 1 aromatic rings. The molecule has 10 nitrogen and oxygen atoms in total. The number of aromatic nitrogens is 1. The summed E-state index contributed by atoms with van der Waals surface area (Å²) in [6.45, 7) is -0.357. The molecule has 0 unspecified atom stereocenters. The van der Waals surface area contributed by atoms with E-state index >= 15 is 0 Å². The molecule has 2 fully saturated rings. The van der Waals surface area contributed by atoms with Gasteiger partial charge < -0.3 is 25.5 Å². The maximum Gasteiger partial charge on any atom is 0.404 e. The Hall–Kier alpha value is -3.49. The van der Waals surface area contributed by atoms with Crippen molar-refractivity contribution in [1.82, 2.24) is 20.5 Å². The third-order valence-electron chi connectivity index (χ3n) is 5.35. The van der Waals surface area contributed by atoms with E-state index in [2.05, 4.69) is 15.6 Å². The number of amides is 3. The highest BCUT2D eigenvalue weighted by Crippen LogP contribution is 2.31. The van der Waals surface area contributed by atoms with E-state index in [-0.39, 0.29) is 11.6 Å². The van der Waals surface area contributed by atoms with Gasteiger partial charge in [0, 0.05) is 31.7 Å². The van der Waals surface area contributed by atoms with Gasteiger partial charge in [-0.15, -0.1) is 0 Å². The number of nitriles is 1. The first-order chi connectivity index (χ1) is 14.7. The molecule has 1 atom stereocenters. The Labute approximate surface area is 176 Å². The second-order valence-corrected chi connectivity index (χ2v) is 7.51. The highest BCUT2D eigenvalue weighted by atomic mass is 19.3. The molecule has 2 saturated heterocycles. The number of likely N-dealkylation sites (tertiary alicyclic amines) is 1. The summed E-state index contributed by atoms with van der Waals surface area (Å²) in [5, 5.41) is 22.7. The van der Waals surface area contributed by atoms with Crippen molar-refractivity contribution in [3.63, 3.8) is 0 Å². The Kier molecular flexibility index (Phi) is 6.53. The van der Waals surface area contributed by atoms with Crippen molar-refractivity contribution in [3.05, 3.63) is 24.0 Å². The summed E-state index contributed by atoms with van der Waals surface area (Å²) >= 11 is 0. The van der Waals surface area contributed by atoms with Gasteiger partial charge in [0.15, 0.2) is 0 Å². The topological polar surface area (TPSA) is 139 Å². The van der Waals surface area contributed by atoms with Crippen LogP contribution in [0.2, 0.25) is 0 Å². The van der Waals surface area contributed by atoms with Crippen molar-refractivity contribution >= 4 is 23.6 Å². The Morgan fingerprint density at radius 1 is 1.32 bits per heavy atom. The first kappa shape index (κ1) is 22.2. The van der Waals surface area contributed by atoms with Gasteiger partial charge in [0.05, 0.1) is 36.6 Å². The normalized spacial score (nSPS) is 20.7. The van der Waals surface area contributed by atoms with E-state index in [1.165, 1.54) is 18.5 Å². The average Bonchev–Trinajstić information content (AvgIpc) is 3.06. The van der Waals surface area contributed by atoms with E-state index < -0.39 is 49.4 Å². The minimum atomic E-state index is -3.13. The smallest absolute Gasteiger partial charge is 0.404 e. The molecule has 12 heteroatoms. The van der Waals surface area contributed by atoms with E-state index in [4.69, 9.17) is 10.4 Å². The molecule has 166 valence electrons. The highest BCUT2D eigenvalue weighted by Gasteiger charge is 2.47. The summed E-state index contributed by atoms with van der Waals surface area (Å²) in [6.07, 6.45) is 2.24. The van der Waals surface area contributed by atoms with Crippen LogP contribution in [0.15, 0.2) is 18.5 Å². The molecule has 0 radical (unpaired) electrons. The van der Waals surface area contributed by atoms with Gasteiger partial charge in [-0.3, -0.25) is 14.6 Å². The maximum absolute atomic E-state index is 13.5. The zero-order valence-corrected chi connectivity index (χ0v) is 16.6. The third kappa shape index (κ3) is 5.36. The maximum atomic E-state index is 13.5. The lowest BCUT2D eigenvalue weighted by atomic mass is 10.0. The lowest BCUT2D eigenvalue weighted by Crippen LogP contribution is -2.45. The summed E-state index contributed by atoms with van der Waals surface area (Å²) in [4.78, 5) is 42.5. The first-order valence-corrected chi connectivity index (χ1v) is 9.74. The second kappa shape index (κ2) is 9.11. The van der Waals surface area contributed by atoms with Crippen molar-refractivity contribution in [2.45, 2.75) is 37.3 Å². The molecule has 0 aliphatic carbocycles. The molecule has 2 aliphatic rings. The SMILES string of the molecule is N#C[C@@H]1CC(F)(F)CN1C(=O)CNC(=O)c1ccncc1N1CCC(NC(=O)O)CC1. The zero-order chi connectivity index (χ0) is 22.6. The Bertz CT molecular complexity index is 898. The van der Waals surface area contributed by atoms with Gasteiger partial charge in [0.25, 0.3) is 11.8 Å². The second-order valence-electron chi connectivity index (χ2n) is 7.51. The standard InChI is InChI=1S/C19H22F2N6O4/c20-19(21)7-13(8-22)27(11-19)16(28)10-24-17(29)14-1-4-23-9-15(14)26-5-2-12(3-6-26)25-18(30)31/h1,4,9,12-13,25H,2-3,5-7,10-11H2,(H,24,29)(H,30,31)/t13-/m0/s1. The molecular formula is C19H22F2N6O4. The minimum absolute atomic E-state index is 0.174. The Morgan fingerprint density at radius 3 is 2.68 bits per heavy atom. The van der Waals surface area contributed by atoms with Crippen LogP contribution in [0, 0.1) is 11.3 Å². The van der Waals surface area contributed by atoms with Crippen LogP contribution in [0.25, 0.3) is 0 Å². The van der Waals surface area contributed by atoms with Crippen molar-refractivity contribution in [2.24, 2.45) is 0 Å². The van der Waals surface area contributed by atoms with Crippen molar-refractivity contribution < 1.29 is 28.3 Å². The van der Waals surface area contributed by atoms with Crippen molar-refractivity contribution in [1.29, 1.82) is 5.26 Å². The van der Waals surface area contributed by atoms with E-state index in [0.29, 0.717) is 31.6 Å². The van der Waals surface area contributed by atoms with Crippen LogP contribution in [0.3, 0.4) is 0 Å². The zero-order valence-electron chi connectivity index (χ0n) is 16.6. The van der Waals surface area contributed by atoms with Gasteiger partial charge in [0.1, 0.15) is 6.04 Å². The lowest BCUT2D eigenvalue weighted by Gasteiger charge is -2.34. The van der Waals surface area contributed by atoms with E-state index in [0.717, 1.165) is 4.90 Å². The van der Waals surface area contributed by atoms with Crippen LogP contribution >= 0.6 is 0 Å². The number of carbonyl (C=O) groups excluding carboxylic acids is 2. The van der Waals surface area contributed by atoms with Gasteiger partial charge in [-0.1, -0.05) is 0 Å². The quantitative estimate of drug-likeness (QED) is 0.621. The van der Waals surface area contributed by atoms with Crippen LogP contribution in [0.5, 0.6) is 0 Å². The summed E-state index contributed by atoms with van der Waals surface area (Å²) in [5.41, 5.74) is 0.792. The van der Waals surface area contributed by atoms with Crippen molar-refractivity contribution in [2.75, 3.05) is 31.1 Å². The molecule has 3 heterocycles. The number of nitrogens with one attached hydrogen (secondary N) is 2. The van der Waals surface area contributed by atoms with Gasteiger partial charge in [-0.2, -0.15) is 5.26 Å². The molecule has 0 saturated carbocycles. The van der Waals surface area contributed by atoms with E-state index in [1.54, 1.807) is 6.07 Å². The fourth-order valence-corrected chi connectivity index (χ4v) is 3.82. The number of hydrogen-bond acceptors (Lipinski definition) is 6. The van der Waals surface area contributed by atoms with E-state index in [9.17, 15) is 23.2 Å². The van der Waals surface area contributed by atoms with E-state index in [1.807, 2.05) is 4.90 Å². The molecule has 3 rings (SSSR count). The number of rotatable bonds is 5. The monoisotopic (exact) mass is 436 g/mol. The molecule has 0 aromatic carbocycles. The van der Waals surface area contributed by atoms with Gasteiger partial charge in [-0.05, 0) is 18.9 Å². The molecule has 3 amide bonds. The number of halogens is 2. The number of pyridine rings is 1. The number of hydrogen-bond donors (Lipinski definition) is 3. The first-order valence-electron chi connectivity index (χ1n) is 9.74. The number of carboxylic acid groups (broad SMARTS) is 1. The molecule has 3 N–H and O–H groups in total. The fraction of sp³-hybridized carbons (Fsp3) is 0.526. The summed E-state index contributed by atoms with van der Waals surface area (Å²) in [7, 11) is 0. The largest absolute Gasteiger partial charge is 0.465 e. The van der Waals surface area contributed by atoms with Gasteiger partial charge in [-0.25, -0.2) is 13.6 Å². The van der Waals surface area contributed by atoms with Crippen LogP contribution in [-0.4, -0.2) is 77.1 Å². The molecule has 0 spiro atoms. The summed E-state index contributed by atoms with van der Waals surface area (Å²) in [6, 6.07) is 1.78. The minimum Gasteiger partial charge on any atom is -0.465 e. The third-order valence-corrected chi connectivity index (χ3v) is 5.35.